The second-order valence-corrected chi connectivity index (χ2v) is 2.94. The molecule has 0 atom stereocenters. The summed E-state index contributed by atoms with van der Waals surface area (Å²) in [6, 6.07) is 1.67. The monoisotopic (exact) mass is 229 g/mol. The molecule has 0 aliphatic heterocycles. The van der Waals surface area contributed by atoms with Gasteiger partial charge in [0.15, 0.2) is 5.75 Å². The number of methoxy groups -OCH3 is 1. The quantitative estimate of drug-likeness (QED) is 0.622. The van der Waals surface area contributed by atoms with Gasteiger partial charge in [-0.2, -0.15) is 0 Å². The average Bonchev–Trinajstić information content (AvgIpc) is 2.19. The average molecular weight is 229 g/mol. The Balaban J connectivity index is 3.25. The van der Waals surface area contributed by atoms with Crippen LogP contribution in [0.2, 0.25) is 0 Å². The fourth-order valence-corrected chi connectivity index (χ4v) is 1.19. The van der Waals surface area contributed by atoms with E-state index in [9.17, 15) is 19.3 Å². The third-order valence-corrected chi connectivity index (χ3v) is 1.89. The lowest BCUT2D eigenvalue weighted by Crippen LogP contribution is -2.04. The number of hydrogen-bond donors (Lipinski definition) is 1. The van der Waals surface area contributed by atoms with Crippen LogP contribution in [0.3, 0.4) is 0 Å². The topological polar surface area (TPSA) is 89.7 Å². The number of carbonyl (C=O) groups is 1. The molecule has 0 saturated carbocycles. The van der Waals surface area contributed by atoms with Crippen molar-refractivity contribution in [2.75, 3.05) is 7.11 Å². The molecule has 1 aromatic carbocycles. The first-order valence-corrected chi connectivity index (χ1v) is 4.18. The Morgan fingerprint density at radius 1 is 1.62 bits per heavy atom. The number of nitro groups is 1. The van der Waals surface area contributed by atoms with Gasteiger partial charge in [-0.05, 0) is 6.07 Å². The van der Waals surface area contributed by atoms with Crippen LogP contribution in [0.15, 0.2) is 12.1 Å². The molecule has 0 radical (unpaired) electrons. The van der Waals surface area contributed by atoms with Gasteiger partial charge < -0.3 is 9.84 Å². The van der Waals surface area contributed by atoms with Crippen LogP contribution in [-0.2, 0) is 11.2 Å². The molecule has 0 fully saturated rings. The summed E-state index contributed by atoms with van der Waals surface area (Å²) in [5, 5.41) is 19.0. The lowest BCUT2D eigenvalue weighted by molar-refractivity contribution is -0.386. The van der Waals surface area contributed by atoms with E-state index in [2.05, 4.69) is 4.74 Å². The fraction of sp³-hybridized carbons (Fsp3) is 0.222. The van der Waals surface area contributed by atoms with Crippen molar-refractivity contribution < 1.29 is 24.0 Å². The molecule has 0 unspecified atom stereocenters. The third-order valence-electron chi connectivity index (χ3n) is 1.89. The molecule has 1 aromatic rings. The Labute approximate surface area is 89.4 Å². The van der Waals surface area contributed by atoms with Crippen LogP contribution < -0.4 is 4.74 Å². The van der Waals surface area contributed by atoms with Crippen LogP contribution in [0.1, 0.15) is 5.56 Å². The number of rotatable bonds is 4. The minimum Gasteiger partial charge on any atom is -0.490 e. The Morgan fingerprint density at radius 3 is 2.69 bits per heavy atom. The highest BCUT2D eigenvalue weighted by atomic mass is 19.1. The second-order valence-electron chi connectivity index (χ2n) is 2.94. The number of nitrogens with zero attached hydrogens (tertiary/aromatic N) is 1. The number of carboxylic acids is 1. The molecule has 16 heavy (non-hydrogen) atoms. The van der Waals surface area contributed by atoms with E-state index in [-0.39, 0.29) is 11.3 Å². The van der Waals surface area contributed by atoms with Crippen LogP contribution in [0.4, 0.5) is 10.1 Å². The highest BCUT2D eigenvalue weighted by molar-refractivity contribution is 5.71. The zero-order valence-electron chi connectivity index (χ0n) is 8.27. The van der Waals surface area contributed by atoms with Crippen LogP contribution in [-0.4, -0.2) is 23.1 Å². The van der Waals surface area contributed by atoms with Crippen molar-refractivity contribution in [2.45, 2.75) is 6.42 Å². The van der Waals surface area contributed by atoms with Gasteiger partial charge in [0, 0.05) is 5.56 Å². The maximum atomic E-state index is 13.3. The highest BCUT2D eigenvalue weighted by Gasteiger charge is 2.20. The Kier molecular flexibility index (Phi) is 3.39. The number of benzene rings is 1. The summed E-state index contributed by atoms with van der Waals surface area (Å²) in [6.45, 7) is 0. The molecule has 0 aromatic heterocycles. The second kappa shape index (κ2) is 4.56. The molecule has 0 amide bonds. The van der Waals surface area contributed by atoms with Gasteiger partial charge in [-0.3, -0.25) is 14.9 Å². The third kappa shape index (κ3) is 2.44. The lowest BCUT2D eigenvalue weighted by atomic mass is 10.1. The SMILES string of the molecule is COc1cc(CC(=O)O)c(F)cc1[N+](=O)[O-]. The van der Waals surface area contributed by atoms with Gasteiger partial charge in [-0.15, -0.1) is 0 Å². The van der Waals surface area contributed by atoms with E-state index >= 15 is 0 Å². The minimum absolute atomic E-state index is 0.157. The molecule has 0 aliphatic rings. The van der Waals surface area contributed by atoms with Gasteiger partial charge in [-0.25, -0.2) is 4.39 Å². The summed E-state index contributed by atoms with van der Waals surface area (Å²) >= 11 is 0. The summed E-state index contributed by atoms with van der Waals surface area (Å²) < 4.78 is 17.9. The van der Waals surface area contributed by atoms with Crippen LogP contribution >= 0.6 is 0 Å². The number of aliphatic carboxylic acids is 1. The van der Waals surface area contributed by atoms with E-state index in [1.165, 1.54) is 7.11 Å². The van der Waals surface area contributed by atoms with Crippen LogP contribution in [0.25, 0.3) is 0 Å². The van der Waals surface area contributed by atoms with E-state index < -0.39 is 28.8 Å². The summed E-state index contributed by atoms with van der Waals surface area (Å²) in [6.07, 6.45) is -0.555. The van der Waals surface area contributed by atoms with Crippen molar-refractivity contribution in [3.8, 4) is 5.75 Å². The Bertz CT molecular complexity index is 446. The molecule has 0 saturated heterocycles. The predicted octanol–water partition coefficient (Wildman–Crippen LogP) is 1.37. The molecule has 7 heteroatoms. The lowest BCUT2D eigenvalue weighted by Gasteiger charge is -2.05. The fourth-order valence-electron chi connectivity index (χ4n) is 1.19. The Morgan fingerprint density at radius 2 is 2.25 bits per heavy atom. The van der Waals surface area contributed by atoms with Gasteiger partial charge >= 0.3 is 11.7 Å². The maximum Gasteiger partial charge on any atom is 0.313 e. The molecular weight excluding hydrogens is 221 g/mol. The maximum absolute atomic E-state index is 13.3. The van der Waals surface area contributed by atoms with Crippen molar-refractivity contribution in [3.63, 3.8) is 0 Å². The highest BCUT2D eigenvalue weighted by Crippen LogP contribution is 2.29. The van der Waals surface area contributed by atoms with Gasteiger partial charge in [0.1, 0.15) is 5.82 Å². The van der Waals surface area contributed by atoms with Gasteiger partial charge in [-0.1, -0.05) is 0 Å². The van der Waals surface area contributed by atoms with Crippen LogP contribution in [0, 0.1) is 15.9 Å². The number of ether oxygens (including phenoxy) is 1. The Hall–Kier alpha value is -2.18. The molecule has 1 N–H and O–H groups in total. The summed E-state index contributed by atoms with van der Waals surface area (Å²) in [5.41, 5.74) is -0.691. The zero-order valence-corrected chi connectivity index (χ0v) is 8.27. The van der Waals surface area contributed by atoms with E-state index in [1.54, 1.807) is 0 Å². The molecule has 86 valence electrons. The van der Waals surface area contributed by atoms with Gasteiger partial charge in [0.25, 0.3) is 0 Å². The molecule has 1 rings (SSSR count). The first-order valence-electron chi connectivity index (χ1n) is 4.18. The molecular formula is C9H8FNO5. The van der Waals surface area contributed by atoms with Crippen molar-refractivity contribution in [1.29, 1.82) is 0 Å². The van der Waals surface area contributed by atoms with Crippen molar-refractivity contribution >= 4 is 11.7 Å². The normalized spacial score (nSPS) is 9.88. The number of nitro benzene ring substituents is 1. The van der Waals surface area contributed by atoms with Crippen molar-refractivity contribution in [2.24, 2.45) is 0 Å². The van der Waals surface area contributed by atoms with Gasteiger partial charge in [0.05, 0.1) is 24.5 Å². The van der Waals surface area contributed by atoms with Crippen molar-refractivity contribution in [3.05, 3.63) is 33.6 Å². The molecule has 0 heterocycles. The largest absolute Gasteiger partial charge is 0.490 e. The first-order chi connectivity index (χ1) is 7.45. The summed E-state index contributed by atoms with van der Waals surface area (Å²) in [7, 11) is 1.19. The minimum atomic E-state index is -1.23. The van der Waals surface area contributed by atoms with Crippen molar-refractivity contribution in [1.82, 2.24) is 0 Å². The number of carboxylic acid groups (broad SMARTS) is 1. The number of halogens is 1. The first kappa shape index (κ1) is 11.9. The molecule has 6 nitrogen and oxygen atoms in total. The van der Waals surface area contributed by atoms with E-state index in [0.717, 1.165) is 6.07 Å². The van der Waals surface area contributed by atoms with E-state index in [1.807, 2.05) is 0 Å². The smallest absolute Gasteiger partial charge is 0.313 e. The summed E-state index contributed by atoms with van der Waals surface area (Å²) in [4.78, 5) is 20.1. The molecule has 0 bridgehead atoms. The predicted molar refractivity (Wildman–Crippen MR) is 50.9 cm³/mol. The van der Waals surface area contributed by atoms with E-state index in [4.69, 9.17) is 5.11 Å². The number of hydrogen-bond acceptors (Lipinski definition) is 4. The molecule has 0 aliphatic carbocycles. The standard InChI is InChI=1S/C9H8FNO5/c1-16-8-2-5(3-9(12)13)6(10)4-7(8)11(14)15/h2,4H,3H2,1H3,(H,12,13). The van der Waals surface area contributed by atoms with Gasteiger partial charge in [0.2, 0.25) is 0 Å². The summed E-state index contributed by atoms with van der Waals surface area (Å²) in [5.74, 6) is -2.33. The molecule has 0 spiro atoms. The van der Waals surface area contributed by atoms with Crippen LogP contribution in [0.5, 0.6) is 5.75 Å². The van der Waals surface area contributed by atoms with E-state index in [0.29, 0.717) is 6.07 Å². The zero-order chi connectivity index (χ0) is 12.3.